The van der Waals surface area contributed by atoms with Crippen LogP contribution in [0.2, 0.25) is 0 Å². The van der Waals surface area contributed by atoms with Crippen molar-refractivity contribution in [3.8, 4) is 11.5 Å². The number of esters is 1. The topological polar surface area (TPSA) is 154 Å². The molecule has 0 spiro atoms. The van der Waals surface area contributed by atoms with E-state index in [2.05, 4.69) is 10.6 Å². The largest absolute Gasteiger partial charge is 0.508 e. The van der Waals surface area contributed by atoms with Crippen LogP contribution in [0.15, 0.2) is 60.2 Å². The van der Waals surface area contributed by atoms with Crippen molar-refractivity contribution in [2.45, 2.75) is 102 Å². The summed E-state index contributed by atoms with van der Waals surface area (Å²) in [6, 6.07) is 2.67. The Morgan fingerprint density at radius 2 is 1.76 bits per heavy atom. The molecule has 1 aromatic carbocycles. The summed E-state index contributed by atoms with van der Waals surface area (Å²) in [7, 11) is 1.49. The van der Waals surface area contributed by atoms with Gasteiger partial charge in [0, 0.05) is 37.0 Å². The normalized spacial score (nSPS) is 29.2. The van der Waals surface area contributed by atoms with Crippen LogP contribution in [0.5, 0.6) is 11.5 Å². The molecule has 5 N–H and O–H groups in total. The second-order valence-corrected chi connectivity index (χ2v) is 12.8. The number of anilines is 1. The summed E-state index contributed by atoms with van der Waals surface area (Å²) in [5.74, 6) is -1.88. The van der Waals surface area contributed by atoms with Gasteiger partial charge in [0.2, 0.25) is 11.8 Å². The van der Waals surface area contributed by atoms with Crippen molar-refractivity contribution in [3.05, 3.63) is 65.8 Å². The molecule has 4 atom stereocenters. The van der Waals surface area contributed by atoms with Gasteiger partial charge in [0.25, 0.3) is 0 Å². The van der Waals surface area contributed by atoms with Gasteiger partial charge in [0.05, 0.1) is 24.3 Å². The predicted octanol–water partition coefficient (Wildman–Crippen LogP) is 5.14. The van der Waals surface area contributed by atoms with Crippen LogP contribution >= 0.6 is 0 Å². The summed E-state index contributed by atoms with van der Waals surface area (Å²) in [5.41, 5.74) is -0.0122. The lowest BCUT2D eigenvalue weighted by molar-refractivity contribution is -0.158. The standard InChI is InChI=1S/C36H48N2O8/c1-23-16-17-26-20-27(39)21-29(33(26)42)37-31(40)22-28(45-3)14-10-5-4-6-11-15-30(24(2)32(23)41)46-35(44)36(18-19-36)38-34(43)25-12-8-7-9-13-25/h4-6,10-11,14,16,20-21,24-25,28,30,32,39,41-42H,7-9,12-13,15,17-19,22H2,1-3H3,(H,37,40)(H,38,43)/b5-4+,11-6+,14-10+,23-16-/t24-,28-,30-,32-/m0/s1. The van der Waals surface area contributed by atoms with Crippen LogP contribution < -0.4 is 10.6 Å². The van der Waals surface area contributed by atoms with Crippen LogP contribution in [0.25, 0.3) is 0 Å². The predicted molar refractivity (Wildman–Crippen MR) is 175 cm³/mol. The van der Waals surface area contributed by atoms with E-state index >= 15 is 0 Å². The fourth-order valence-electron chi connectivity index (χ4n) is 5.99. The van der Waals surface area contributed by atoms with E-state index in [4.69, 9.17) is 9.47 Å². The first kappa shape index (κ1) is 35.0. The van der Waals surface area contributed by atoms with Gasteiger partial charge in [-0.25, -0.2) is 4.79 Å². The van der Waals surface area contributed by atoms with Gasteiger partial charge in [-0.3, -0.25) is 9.59 Å². The lowest BCUT2D eigenvalue weighted by Crippen LogP contribution is -2.48. The number of hydrogen-bond acceptors (Lipinski definition) is 8. The molecule has 3 aliphatic rings. The van der Waals surface area contributed by atoms with Gasteiger partial charge in [0.15, 0.2) is 0 Å². The van der Waals surface area contributed by atoms with Crippen LogP contribution in [0.1, 0.15) is 77.2 Å². The van der Waals surface area contributed by atoms with Gasteiger partial charge < -0.3 is 35.4 Å². The van der Waals surface area contributed by atoms with Gasteiger partial charge in [0.1, 0.15) is 23.1 Å². The molecule has 1 aliphatic heterocycles. The molecule has 1 aromatic rings. The molecular formula is C36H48N2O8. The van der Waals surface area contributed by atoms with Gasteiger partial charge in [-0.1, -0.05) is 68.7 Å². The molecule has 0 saturated heterocycles. The number of phenols is 2. The number of allylic oxidation sites excluding steroid dienone is 5. The smallest absolute Gasteiger partial charge is 0.332 e. The molecule has 4 rings (SSSR count). The molecule has 0 aromatic heterocycles. The Morgan fingerprint density at radius 1 is 1.04 bits per heavy atom. The summed E-state index contributed by atoms with van der Waals surface area (Å²) < 4.78 is 11.5. The maximum Gasteiger partial charge on any atom is 0.332 e. The lowest BCUT2D eigenvalue weighted by Gasteiger charge is -2.30. The third kappa shape index (κ3) is 9.33. The second kappa shape index (κ2) is 16.1. The molecule has 10 nitrogen and oxygen atoms in total. The number of phenolic OH excluding ortho intramolecular Hbond substituents is 2. The molecule has 2 amide bonds. The molecule has 46 heavy (non-hydrogen) atoms. The highest BCUT2D eigenvalue weighted by atomic mass is 16.5. The Balaban J connectivity index is 1.56. The Morgan fingerprint density at radius 3 is 2.46 bits per heavy atom. The number of rotatable bonds is 5. The highest BCUT2D eigenvalue weighted by molar-refractivity contribution is 5.93. The zero-order valence-electron chi connectivity index (χ0n) is 27.0. The summed E-state index contributed by atoms with van der Waals surface area (Å²) in [6.07, 6.45) is 16.6. The maximum absolute atomic E-state index is 13.5. The quantitative estimate of drug-likeness (QED) is 0.129. The molecule has 2 saturated carbocycles. The minimum absolute atomic E-state index is 0.0140. The Hall–Kier alpha value is -3.89. The number of fused-ring (bicyclic) bond motifs is 2. The van der Waals surface area contributed by atoms with Crippen molar-refractivity contribution >= 4 is 23.5 Å². The van der Waals surface area contributed by atoms with Gasteiger partial charge in [-0.15, -0.1) is 0 Å². The molecule has 1 heterocycles. The Kier molecular flexibility index (Phi) is 12.2. The number of aliphatic hydroxyl groups excluding tert-OH is 1. The average Bonchev–Trinajstić information content (AvgIpc) is 3.83. The number of carbonyl (C=O) groups is 3. The van der Waals surface area contributed by atoms with Crippen molar-refractivity contribution < 1.29 is 39.2 Å². The van der Waals surface area contributed by atoms with Gasteiger partial charge >= 0.3 is 5.97 Å². The minimum atomic E-state index is -1.01. The first-order valence-corrected chi connectivity index (χ1v) is 16.3. The summed E-state index contributed by atoms with van der Waals surface area (Å²) in [6.45, 7) is 3.56. The zero-order valence-corrected chi connectivity index (χ0v) is 27.0. The highest BCUT2D eigenvalue weighted by Gasteiger charge is 2.54. The fraction of sp³-hybridized carbons (Fsp3) is 0.528. The van der Waals surface area contributed by atoms with E-state index < -0.39 is 41.6 Å². The van der Waals surface area contributed by atoms with E-state index in [1.165, 1.54) is 19.2 Å². The van der Waals surface area contributed by atoms with Crippen LogP contribution in [0, 0.1) is 11.8 Å². The molecule has 2 fully saturated rings. The minimum Gasteiger partial charge on any atom is -0.508 e. The van der Waals surface area contributed by atoms with Crippen molar-refractivity contribution in [1.29, 1.82) is 0 Å². The van der Waals surface area contributed by atoms with E-state index in [1.807, 2.05) is 19.1 Å². The number of aromatic hydroxyl groups is 2. The highest BCUT2D eigenvalue weighted by Crippen LogP contribution is 2.39. The second-order valence-electron chi connectivity index (χ2n) is 12.8. The average molecular weight is 637 g/mol. The lowest BCUT2D eigenvalue weighted by atomic mass is 9.88. The van der Waals surface area contributed by atoms with E-state index in [1.54, 1.807) is 37.3 Å². The first-order chi connectivity index (χ1) is 22.0. The first-order valence-electron chi connectivity index (χ1n) is 16.3. The molecule has 10 heteroatoms. The van der Waals surface area contributed by atoms with Crippen LogP contribution in [-0.4, -0.2) is 64.1 Å². The third-order valence-electron chi connectivity index (χ3n) is 9.23. The van der Waals surface area contributed by atoms with Crippen LogP contribution in [0.3, 0.4) is 0 Å². The number of ether oxygens (including phenoxy) is 2. The maximum atomic E-state index is 13.5. The van der Waals surface area contributed by atoms with E-state index in [0.717, 1.165) is 32.1 Å². The molecule has 0 unspecified atom stereocenters. The van der Waals surface area contributed by atoms with Crippen molar-refractivity contribution in [1.82, 2.24) is 5.32 Å². The van der Waals surface area contributed by atoms with Gasteiger partial charge in [-0.2, -0.15) is 0 Å². The molecule has 2 bridgehead atoms. The van der Waals surface area contributed by atoms with Crippen molar-refractivity contribution in [2.75, 3.05) is 12.4 Å². The van der Waals surface area contributed by atoms with Crippen molar-refractivity contribution in [2.24, 2.45) is 11.8 Å². The number of nitrogens with one attached hydrogen (secondary N) is 2. The fourth-order valence-corrected chi connectivity index (χ4v) is 5.99. The van der Waals surface area contributed by atoms with Crippen LogP contribution in [-0.2, 0) is 30.3 Å². The van der Waals surface area contributed by atoms with Crippen LogP contribution in [0.4, 0.5) is 5.69 Å². The van der Waals surface area contributed by atoms with Gasteiger partial charge in [-0.05, 0) is 50.7 Å². The summed E-state index contributed by atoms with van der Waals surface area (Å²) >= 11 is 0. The number of methoxy groups -OCH3 is 1. The summed E-state index contributed by atoms with van der Waals surface area (Å²) in [4.78, 5) is 39.2. The molecule has 0 radical (unpaired) electrons. The molecular weight excluding hydrogens is 588 g/mol. The van der Waals surface area contributed by atoms with E-state index in [0.29, 0.717) is 30.4 Å². The summed E-state index contributed by atoms with van der Waals surface area (Å²) in [5, 5.41) is 38.2. The number of aliphatic hydroxyl groups is 1. The Labute approximate surface area is 271 Å². The Bertz CT molecular complexity index is 1370. The zero-order chi connectivity index (χ0) is 33.3. The molecule has 2 aliphatic carbocycles. The SMILES string of the molecule is CO[C@H]1/C=C/C=C/C=C/C[C@H](OC(=O)C2(NC(=O)C3CCCCC3)CC2)[C@H](C)[C@@H](O)/C(C)=C\Cc2cc(O)cc(c2O)NC(=O)C1. The third-order valence-corrected chi connectivity index (χ3v) is 9.23. The van der Waals surface area contributed by atoms with E-state index in [9.17, 15) is 29.7 Å². The molecule has 250 valence electrons. The van der Waals surface area contributed by atoms with E-state index in [-0.39, 0.29) is 41.9 Å². The number of carbonyl (C=O) groups excluding carboxylic acids is 3. The van der Waals surface area contributed by atoms with Crippen molar-refractivity contribution in [3.63, 3.8) is 0 Å². The number of amides is 2. The number of hydrogen-bond donors (Lipinski definition) is 5. The monoisotopic (exact) mass is 636 g/mol. The number of benzene rings is 1.